The SMILES string of the molecule is C1=CN(C2CC2)CN1Cc1cn2ccccc2n1. The van der Waals surface area contributed by atoms with Crippen LogP contribution in [-0.2, 0) is 6.54 Å². The van der Waals surface area contributed by atoms with E-state index < -0.39 is 0 Å². The van der Waals surface area contributed by atoms with Crippen molar-refractivity contribution >= 4 is 5.65 Å². The lowest BCUT2D eigenvalue weighted by molar-refractivity contribution is 0.252. The van der Waals surface area contributed by atoms with Crippen LogP contribution in [0.5, 0.6) is 0 Å². The summed E-state index contributed by atoms with van der Waals surface area (Å²) in [5.74, 6) is 0. The molecule has 0 unspecified atom stereocenters. The number of imidazole rings is 1. The molecule has 1 saturated carbocycles. The lowest BCUT2D eigenvalue weighted by Gasteiger charge is -2.19. The third kappa shape index (κ3) is 1.74. The average Bonchev–Trinajstić information content (AvgIpc) is 2.99. The molecule has 2 aliphatic rings. The van der Waals surface area contributed by atoms with E-state index in [4.69, 9.17) is 0 Å². The van der Waals surface area contributed by atoms with E-state index in [1.165, 1.54) is 12.8 Å². The van der Waals surface area contributed by atoms with E-state index in [0.717, 1.165) is 30.6 Å². The zero-order valence-corrected chi connectivity index (χ0v) is 10.2. The molecule has 3 heterocycles. The van der Waals surface area contributed by atoms with Crippen molar-refractivity contribution in [1.29, 1.82) is 0 Å². The second kappa shape index (κ2) is 3.77. The highest BCUT2D eigenvalue weighted by Crippen LogP contribution is 2.29. The Kier molecular flexibility index (Phi) is 2.09. The van der Waals surface area contributed by atoms with Gasteiger partial charge >= 0.3 is 0 Å². The van der Waals surface area contributed by atoms with Crippen molar-refractivity contribution in [3.8, 4) is 0 Å². The highest BCUT2D eigenvalue weighted by Gasteiger charge is 2.29. The fourth-order valence-corrected chi connectivity index (χ4v) is 2.50. The van der Waals surface area contributed by atoms with Crippen LogP contribution >= 0.6 is 0 Å². The van der Waals surface area contributed by atoms with Gasteiger partial charge in [-0.15, -0.1) is 0 Å². The van der Waals surface area contributed by atoms with E-state index in [-0.39, 0.29) is 0 Å². The first-order chi connectivity index (χ1) is 8.88. The lowest BCUT2D eigenvalue weighted by atomic mass is 10.4. The second-order valence-corrected chi connectivity index (χ2v) is 5.13. The van der Waals surface area contributed by atoms with Gasteiger partial charge in [-0.05, 0) is 25.0 Å². The molecule has 0 aromatic carbocycles. The van der Waals surface area contributed by atoms with Gasteiger partial charge in [-0.2, -0.15) is 0 Å². The van der Waals surface area contributed by atoms with E-state index in [9.17, 15) is 0 Å². The van der Waals surface area contributed by atoms with Gasteiger partial charge in [0.1, 0.15) is 5.65 Å². The third-order valence-corrected chi connectivity index (χ3v) is 3.61. The molecule has 0 saturated heterocycles. The monoisotopic (exact) mass is 240 g/mol. The largest absolute Gasteiger partial charge is 0.356 e. The van der Waals surface area contributed by atoms with E-state index in [2.05, 4.69) is 37.8 Å². The number of nitrogens with zero attached hydrogens (tertiary/aromatic N) is 4. The summed E-state index contributed by atoms with van der Waals surface area (Å²) in [6.45, 7) is 1.90. The summed E-state index contributed by atoms with van der Waals surface area (Å²) in [7, 11) is 0. The fourth-order valence-electron chi connectivity index (χ4n) is 2.50. The minimum Gasteiger partial charge on any atom is -0.356 e. The Morgan fingerprint density at radius 2 is 2.17 bits per heavy atom. The Morgan fingerprint density at radius 3 is 3.00 bits per heavy atom. The molecule has 92 valence electrons. The van der Waals surface area contributed by atoms with Crippen LogP contribution in [0.25, 0.3) is 5.65 Å². The maximum absolute atomic E-state index is 4.63. The Balaban J connectivity index is 1.49. The van der Waals surface area contributed by atoms with Gasteiger partial charge in [0.15, 0.2) is 0 Å². The van der Waals surface area contributed by atoms with Gasteiger partial charge in [0.05, 0.1) is 18.9 Å². The molecule has 0 N–H and O–H groups in total. The fraction of sp³-hybridized carbons (Fsp3) is 0.357. The second-order valence-electron chi connectivity index (χ2n) is 5.13. The summed E-state index contributed by atoms with van der Waals surface area (Å²) >= 11 is 0. The van der Waals surface area contributed by atoms with Gasteiger partial charge in [0.2, 0.25) is 0 Å². The number of fused-ring (bicyclic) bond motifs is 1. The van der Waals surface area contributed by atoms with Crippen LogP contribution in [0.15, 0.2) is 43.0 Å². The first kappa shape index (κ1) is 10.00. The van der Waals surface area contributed by atoms with Gasteiger partial charge in [-0.1, -0.05) is 6.07 Å². The van der Waals surface area contributed by atoms with Gasteiger partial charge < -0.3 is 14.2 Å². The van der Waals surface area contributed by atoms with Crippen LogP contribution in [0.4, 0.5) is 0 Å². The topological polar surface area (TPSA) is 23.8 Å². The van der Waals surface area contributed by atoms with Gasteiger partial charge in [0.25, 0.3) is 0 Å². The molecule has 4 nitrogen and oxygen atoms in total. The third-order valence-electron chi connectivity index (χ3n) is 3.61. The number of rotatable bonds is 3. The van der Waals surface area contributed by atoms with Crippen molar-refractivity contribution < 1.29 is 0 Å². The van der Waals surface area contributed by atoms with Crippen LogP contribution in [0.3, 0.4) is 0 Å². The molecule has 1 aliphatic heterocycles. The molecule has 1 aliphatic carbocycles. The molecule has 0 radical (unpaired) electrons. The minimum atomic E-state index is 0.798. The number of pyridine rings is 1. The van der Waals surface area contributed by atoms with Crippen molar-refractivity contribution in [2.45, 2.75) is 25.4 Å². The Morgan fingerprint density at radius 1 is 1.22 bits per heavy atom. The van der Waals surface area contributed by atoms with E-state index in [1.807, 2.05) is 24.4 Å². The molecule has 0 spiro atoms. The smallest absolute Gasteiger partial charge is 0.137 e. The van der Waals surface area contributed by atoms with Crippen LogP contribution in [0, 0.1) is 0 Å². The molecular weight excluding hydrogens is 224 g/mol. The zero-order valence-electron chi connectivity index (χ0n) is 10.2. The zero-order chi connectivity index (χ0) is 11.9. The van der Waals surface area contributed by atoms with E-state index >= 15 is 0 Å². The first-order valence-electron chi connectivity index (χ1n) is 6.49. The van der Waals surface area contributed by atoms with Crippen molar-refractivity contribution in [1.82, 2.24) is 19.2 Å². The minimum absolute atomic E-state index is 0.798. The maximum atomic E-state index is 4.63. The molecule has 2 aromatic rings. The molecule has 0 atom stereocenters. The number of hydrogen-bond acceptors (Lipinski definition) is 3. The van der Waals surface area contributed by atoms with E-state index in [0.29, 0.717) is 0 Å². The highest BCUT2D eigenvalue weighted by molar-refractivity contribution is 5.39. The Labute approximate surface area is 106 Å². The maximum Gasteiger partial charge on any atom is 0.137 e. The summed E-state index contributed by atoms with van der Waals surface area (Å²) in [5.41, 5.74) is 2.15. The summed E-state index contributed by atoms with van der Waals surface area (Å²) in [4.78, 5) is 9.38. The summed E-state index contributed by atoms with van der Waals surface area (Å²) in [6, 6.07) is 6.90. The average molecular weight is 240 g/mol. The van der Waals surface area contributed by atoms with Crippen molar-refractivity contribution in [2.24, 2.45) is 0 Å². The first-order valence-corrected chi connectivity index (χ1v) is 6.49. The van der Waals surface area contributed by atoms with Gasteiger partial charge in [-0.3, -0.25) is 0 Å². The van der Waals surface area contributed by atoms with Gasteiger partial charge in [0, 0.05) is 30.8 Å². The predicted molar refractivity (Wildman–Crippen MR) is 69.6 cm³/mol. The molecule has 18 heavy (non-hydrogen) atoms. The van der Waals surface area contributed by atoms with Crippen LogP contribution in [0.1, 0.15) is 18.5 Å². The highest BCUT2D eigenvalue weighted by atomic mass is 15.4. The molecule has 0 bridgehead atoms. The molecule has 0 amide bonds. The van der Waals surface area contributed by atoms with Crippen molar-refractivity contribution in [3.63, 3.8) is 0 Å². The van der Waals surface area contributed by atoms with Crippen molar-refractivity contribution in [2.75, 3.05) is 6.67 Å². The van der Waals surface area contributed by atoms with Crippen LogP contribution < -0.4 is 0 Å². The quantitative estimate of drug-likeness (QED) is 0.820. The molecular formula is C14H16N4. The van der Waals surface area contributed by atoms with Crippen LogP contribution in [0.2, 0.25) is 0 Å². The number of hydrogen-bond donors (Lipinski definition) is 0. The molecule has 4 heteroatoms. The Bertz CT molecular complexity index is 564. The summed E-state index contributed by atoms with van der Waals surface area (Å²) in [5, 5.41) is 0. The Hall–Kier alpha value is -1.97. The summed E-state index contributed by atoms with van der Waals surface area (Å²) < 4.78 is 2.08. The van der Waals surface area contributed by atoms with E-state index in [1.54, 1.807) is 0 Å². The van der Waals surface area contributed by atoms with Gasteiger partial charge in [-0.25, -0.2) is 4.98 Å². The summed E-state index contributed by atoms with van der Waals surface area (Å²) in [6.07, 6.45) is 11.3. The number of aromatic nitrogens is 2. The molecule has 2 aromatic heterocycles. The molecule has 1 fully saturated rings. The molecule has 4 rings (SSSR count). The standard InChI is InChI=1S/C14H16N4/c1-2-6-17-10-12(15-14(17)3-1)9-16-7-8-18(11-16)13-4-5-13/h1-3,6-8,10,13H,4-5,9,11H2. The normalized spacial score (nSPS) is 19.1. The van der Waals surface area contributed by atoms with Crippen molar-refractivity contribution in [3.05, 3.63) is 48.7 Å². The van der Waals surface area contributed by atoms with Crippen LogP contribution in [-0.4, -0.2) is 31.9 Å². The lowest BCUT2D eigenvalue weighted by Crippen LogP contribution is -2.26. The predicted octanol–water partition coefficient (Wildman–Crippen LogP) is 2.04.